The first-order chi connectivity index (χ1) is 10.3. The van der Waals surface area contributed by atoms with Gasteiger partial charge in [0.1, 0.15) is 0 Å². The van der Waals surface area contributed by atoms with Crippen molar-refractivity contribution in [1.29, 1.82) is 0 Å². The lowest BCUT2D eigenvalue weighted by Gasteiger charge is -2.25. The first kappa shape index (κ1) is 14.6. The Morgan fingerprint density at radius 3 is 2.24 bits per heavy atom. The van der Waals surface area contributed by atoms with E-state index >= 15 is 0 Å². The van der Waals surface area contributed by atoms with E-state index in [1.165, 1.54) is 18.4 Å². The van der Waals surface area contributed by atoms with Crippen LogP contribution in [0.15, 0.2) is 54.6 Å². The molecule has 1 fully saturated rings. The molecule has 3 rings (SSSR count). The first-order valence-electron chi connectivity index (χ1n) is 7.45. The molecular formula is C18H20ClNO. The summed E-state index contributed by atoms with van der Waals surface area (Å²) in [6, 6.07) is 18.4. The third kappa shape index (κ3) is 3.65. The molecule has 21 heavy (non-hydrogen) atoms. The molecule has 0 heterocycles. The molecule has 2 nitrogen and oxygen atoms in total. The number of rotatable bonds is 6. The van der Waals surface area contributed by atoms with Crippen molar-refractivity contribution in [3.63, 3.8) is 0 Å². The zero-order valence-electron chi connectivity index (χ0n) is 11.9. The highest BCUT2D eigenvalue weighted by atomic mass is 35.5. The van der Waals surface area contributed by atoms with Gasteiger partial charge in [0.05, 0.1) is 12.6 Å². The van der Waals surface area contributed by atoms with E-state index < -0.39 is 0 Å². The second-order valence-corrected chi connectivity index (χ2v) is 6.12. The van der Waals surface area contributed by atoms with Gasteiger partial charge in [0.15, 0.2) is 0 Å². The summed E-state index contributed by atoms with van der Waals surface area (Å²) in [5, 5.41) is 14.1. The standard InChI is InChI=1S/C18H20ClNO/c19-16-10-8-15(9-11-16)18(14-6-7-14)20-17(12-21)13-4-2-1-3-5-13/h1-5,8-11,14,17-18,20-21H,6-7,12H2. The maximum absolute atomic E-state index is 9.74. The second-order valence-electron chi connectivity index (χ2n) is 5.68. The van der Waals surface area contributed by atoms with Gasteiger partial charge >= 0.3 is 0 Å². The maximum Gasteiger partial charge on any atom is 0.0626 e. The van der Waals surface area contributed by atoms with E-state index in [4.69, 9.17) is 11.6 Å². The normalized spacial score (nSPS) is 17.4. The molecule has 0 spiro atoms. The summed E-state index contributed by atoms with van der Waals surface area (Å²) in [6.45, 7) is 0.0980. The Kier molecular flexibility index (Phi) is 4.59. The highest BCUT2D eigenvalue weighted by molar-refractivity contribution is 6.30. The molecule has 0 aliphatic heterocycles. The fraction of sp³-hybridized carbons (Fsp3) is 0.333. The molecular weight excluding hydrogens is 282 g/mol. The molecule has 0 amide bonds. The summed E-state index contributed by atoms with van der Waals surface area (Å²) in [6.07, 6.45) is 2.49. The molecule has 1 aliphatic carbocycles. The molecule has 0 radical (unpaired) electrons. The SMILES string of the molecule is OCC(NC(c1ccc(Cl)cc1)C1CC1)c1ccccc1. The van der Waals surface area contributed by atoms with Crippen LogP contribution in [0.2, 0.25) is 5.02 Å². The van der Waals surface area contributed by atoms with Crippen molar-refractivity contribution in [1.82, 2.24) is 5.32 Å². The molecule has 2 aromatic carbocycles. The summed E-state index contributed by atoms with van der Waals surface area (Å²) in [5.41, 5.74) is 2.37. The number of aliphatic hydroxyl groups is 1. The fourth-order valence-electron chi connectivity index (χ4n) is 2.76. The number of aliphatic hydroxyl groups excluding tert-OH is 1. The van der Waals surface area contributed by atoms with Gasteiger partial charge in [-0.2, -0.15) is 0 Å². The quantitative estimate of drug-likeness (QED) is 0.841. The van der Waals surface area contributed by atoms with Crippen molar-refractivity contribution in [3.8, 4) is 0 Å². The minimum atomic E-state index is -0.0347. The van der Waals surface area contributed by atoms with Crippen LogP contribution >= 0.6 is 11.6 Å². The lowest BCUT2D eigenvalue weighted by Crippen LogP contribution is -2.30. The molecule has 2 N–H and O–H groups in total. The monoisotopic (exact) mass is 301 g/mol. The van der Waals surface area contributed by atoms with Crippen molar-refractivity contribution >= 4 is 11.6 Å². The lowest BCUT2D eigenvalue weighted by molar-refractivity contribution is 0.228. The van der Waals surface area contributed by atoms with Crippen molar-refractivity contribution in [2.45, 2.75) is 24.9 Å². The van der Waals surface area contributed by atoms with Crippen LogP contribution in [0.25, 0.3) is 0 Å². The van der Waals surface area contributed by atoms with E-state index in [2.05, 4.69) is 29.6 Å². The van der Waals surface area contributed by atoms with Gasteiger partial charge in [0.25, 0.3) is 0 Å². The Bertz CT molecular complexity index is 566. The average molecular weight is 302 g/mol. The number of halogens is 1. The third-order valence-corrected chi connectivity index (χ3v) is 4.34. The van der Waals surface area contributed by atoms with Crippen LogP contribution in [0.5, 0.6) is 0 Å². The summed E-state index contributed by atoms with van der Waals surface area (Å²) in [7, 11) is 0. The van der Waals surface area contributed by atoms with E-state index in [1.54, 1.807) is 0 Å². The molecule has 2 aromatic rings. The van der Waals surface area contributed by atoms with Gasteiger partial charge < -0.3 is 10.4 Å². The molecule has 1 aliphatic rings. The van der Waals surface area contributed by atoms with E-state index in [9.17, 15) is 5.11 Å². The Hall–Kier alpha value is -1.35. The molecule has 2 atom stereocenters. The van der Waals surface area contributed by atoms with E-state index in [-0.39, 0.29) is 18.7 Å². The van der Waals surface area contributed by atoms with Gasteiger partial charge in [-0.3, -0.25) is 0 Å². The Labute approximate surface area is 130 Å². The van der Waals surface area contributed by atoms with Crippen molar-refractivity contribution in [2.24, 2.45) is 5.92 Å². The summed E-state index contributed by atoms with van der Waals surface area (Å²) >= 11 is 5.98. The zero-order chi connectivity index (χ0) is 14.7. The van der Waals surface area contributed by atoms with Crippen LogP contribution in [0.3, 0.4) is 0 Å². The summed E-state index contributed by atoms with van der Waals surface area (Å²) in [4.78, 5) is 0. The predicted octanol–water partition coefficient (Wildman–Crippen LogP) is 4.11. The van der Waals surface area contributed by atoms with Gasteiger partial charge in [0, 0.05) is 11.1 Å². The Balaban J connectivity index is 1.80. The highest BCUT2D eigenvalue weighted by Crippen LogP contribution is 2.42. The number of nitrogens with one attached hydrogen (secondary N) is 1. The Morgan fingerprint density at radius 2 is 1.67 bits per heavy atom. The predicted molar refractivity (Wildman–Crippen MR) is 86.3 cm³/mol. The molecule has 1 saturated carbocycles. The zero-order valence-corrected chi connectivity index (χ0v) is 12.6. The van der Waals surface area contributed by atoms with Crippen LogP contribution < -0.4 is 5.32 Å². The molecule has 3 heteroatoms. The molecule has 2 unspecified atom stereocenters. The van der Waals surface area contributed by atoms with Crippen molar-refractivity contribution < 1.29 is 5.11 Å². The largest absolute Gasteiger partial charge is 0.394 e. The second kappa shape index (κ2) is 6.61. The van der Waals surface area contributed by atoms with E-state index in [0.29, 0.717) is 5.92 Å². The van der Waals surface area contributed by atoms with Crippen LogP contribution in [-0.4, -0.2) is 11.7 Å². The number of hydrogen-bond acceptors (Lipinski definition) is 2. The van der Waals surface area contributed by atoms with Gasteiger partial charge in [-0.25, -0.2) is 0 Å². The van der Waals surface area contributed by atoms with Gasteiger partial charge in [-0.1, -0.05) is 54.1 Å². The third-order valence-electron chi connectivity index (χ3n) is 4.09. The van der Waals surface area contributed by atoms with Crippen LogP contribution in [0, 0.1) is 5.92 Å². The minimum absolute atomic E-state index is 0.0347. The smallest absolute Gasteiger partial charge is 0.0626 e. The topological polar surface area (TPSA) is 32.3 Å². The molecule has 0 bridgehead atoms. The summed E-state index contributed by atoms with van der Waals surface area (Å²) in [5.74, 6) is 0.656. The number of benzene rings is 2. The molecule has 110 valence electrons. The van der Waals surface area contributed by atoms with E-state index in [1.807, 2.05) is 30.3 Å². The lowest BCUT2D eigenvalue weighted by atomic mass is 9.99. The van der Waals surface area contributed by atoms with Crippen LogP contribution in [-0.2, 0) is 0 Å². The maximum atomic E-state index is 9.74. The van der Waals surface area contributed by atoms with Gasteiger partial charge in [-0.15, -0.1) is 0 Å². The number of hydrogen-bond donors (Lipinski definition) is 2. The highest BCUT2D eigenvalue weighted by Gasteiger charge is 2.33. The minimum Gasteiger partial charge on any atom is -0.394 e. The summed E-state index contributed by atoms with van der Waals surface area (Å²) < 4.78 is 0. The average Bonchev–Trinajstić information content (AvgIpc) is 3.35. The van der Waals surface area contributed by atoms with Gasteiger partial charge in [0.2, 0.25) is 0 Å². The van der Waals surface area contributed by atoms with Crippen LogP contribution in [0.4, 0.5) is 0 Å². The van der Waals surface area contributed by atoms with E-state index in [0.717, 1.165) is 10.6 Å². The van der Waals surface area contributed by atoms with Gasteiger partial charge in [-0.05, 0) is 42.0 Å². The fourth-order valence-corrected chi connectivity index (χ4v) is 2.89. The van der Waals surface area contributed by atoms with Crippen molar-refractivity contribution in [2.75, 3.05) is 6.61 Å². The molecule has 0 saturated heterocycles. The van der Waals surface area contributed by atoms with Crippen molar-refractivity contribution in [3.05, 3.63) is 70.7 Å². The molecule has 0 aromatic heterocycles. The van der Waals surface area contributed by atoms with Crippen LogP contribution in [0.1, 0.15) is 36.1 Å². The first-order valence-corrected chi connectivity index (χ1v) is 7.83. The Morgan fingerprint density at radius 1 is 1.00 bits per heavy atom.